The topological polar surface area (TPSA) is 80.9 Å². The van der Waals surface area contributed by atoms with Gasteiger partial charge in [-0.05, 0) is 72.0 Å². The lowest BCUT2D eigenvalue weighted by Crippen LogP contribution is -3.00. The quantitative estimate of drug-likeness (QED) is 0.0890. The van der Waals surface area contributed by atoms with Crippen molar-refractivity contribution in [2.45, 2.75) is 70.6 Å². The summed E-state index contributed by atoms with van der Waals surface area (Å²) in [7, 11) is 0. The van der Waals surface area contributed by atoms with Gasteiger partial charge in [-0.1, -0.05) is 98.8 Å². The molecule has 0 amide bonds. The predicted molar refractivity (Wildman–Crippen MR) is 205 cm³/mol. The number of carboxylic acids is 2. The van der Waals surface area contributed by atoms with E-state index in [2.05, 4.69) is 134 Å². The van der Waals surface area contributed by atoms with E-state index in [1.807, 2.05) is 18.2 Å². The van der Waals surface area contributed by atoms with E-state index in [1.54, 1.807) is 0 Å². The lowest BCUT2D eigenvalue weighted by molar-refractivity contribution is -0.438. The van der Waals surface area contributed by atoms with Gasteiger partial charge in [-0.15, -0.1) is 0 Å². The number of fused-ring (bicyclic) bond motifs is 6. The van der Waals surface area contributed by atoms with Crippen molar-refractivity contribution >= 4 is 50.6 Å². The number of aliphatic carboxylic acids is 2. The highest BCUT2D eigenvalue weighted by molar-refractivity contribution is 6.07. The summed E-state index contributed by atoms with van der Waals surface area (Å²) < 4.78 is 2.42. The number of anilines is 1. The van der Waals surface area contributed by atoms with Crippen LogP contribution in [0.15, 0.2) is 121 Å². The van der Waals surface area contributed by atoms with Crippen LogP contribution in [-0.4, -0.2) is 45.5 Å². The van der Waals surface area contributed by atoms with Gasteiger partial charge in [-0.25, -0.2) is 0 Å². The summed E-state index contributed by atoms with van der Waals surface area (Å²) in [5.41, 5.74) is 6.65. The molecule has 0 saturated carbocycles. The summed E-state index contributed by atoms with van der Waals surface area (Å²) >= 11 is 0. The van der Waals surface area contributed by atoms with Crippen LogP contribution in [0, 0.1) is 0 Å². The number of benzene rings is 4. The zero-order valence-electron chi connectivity index (χ0n) is 29.9. The van der Waals surface area contributed by atoms with Gasteiger partial charge in [0.2, 0.25) is 5.69 Å². The molecule has 2 aliphatic rings. The minimum absolute atomic E-state index is 0. The average molecular weight is 748 g/mol. The first-order valence-electron chi connectivity index (χ1n) is 17.6. The molecule has 7 heteroatoms. The molecule has 0 fully saturated rings. The third-order valence-corrected chi connectivity index (χ3v) is 10.3. The fourth-order valence-corrected chi connectivity index (χ4v) is 7.97. The number of allylic oxidation sites excluding steroid dienone is 8. The number of unbranched alkanes of at least 4 members (excludes halogenated alkanes) is 2. The van der Waals surface area contributed by atoms with Crippen molar-refractivity contribution in [1.82, 2.24) is 0 Å². The van der Waals surface area contributed by atoms with Gasteiger partial charge in [-0.2, -0.15) is 4.58 Å². The van der Waals surface area contributed by atoms with Gasteiger partial charge in [0.05, 0.1) is 11.8 Å². The molecule has 51 heavy (non-hydrogen) atoms. The van der Waals surface area contributed by atoms with Crippen LogP contribution in [0.4, 0.5) is 11.4 Å². The van der Waals surface area contributed by atoms with E-state index in [0.717, 1.165) is 30.8 Å². The molecule has 0 bridgehead atoms. The maximum Gasteiger partial charge on any atom is 0.305 e. The average Bonchev–Trinajstić information content (AvgIpc) is 3.44. The van der Waals surface area contributed by atoms with Crippen LogP contribution in [0.25, 0.3) is 21.5 Å². The van der Waals surface area contributed by atoms with Crippen molar-refractivity contribution in [3.05, 3.63) is 132 Å². The summed E-state index contributed by atoms with van der Waals surface area (Å²) in [4.78, 5) is 24.8. The van der Waals surface area contributed by atoms with Crippen molar-refractivity contribution in [2.75, 3.05) is 18.0 Å². The summed E-state index contributed by atoms with van der Waals surface area (Å²) in [6.45, 7) is 10.3. The Morgan fingerprint density at radius 2 is 1.29 bits per heavy atom. The van der Waals surface area contributed by atoms with Crippen LogP contribution in [0.2, 0.25) is 0 Å². The number of carboxylic acid groups (broad SMARTS) is 2. The van der Waals surface area contributed by atoms with Gasteiger partial charge in [-0.3, -0.25) is 9.59 Å². The highest BCUT2D eigenvalue weighted by Crippen LogP contribution is 2.51. The van der Waals surface area contributed by atoms with Gasteiger partial charge < -0.3 is 32.1 Å². The molecule has 0 aliphatic carbocycles. The second-order valence-electron chi connectivity index (χ2n) is 14.3. The molecule has 0 atom stereocenters. The molecular formula is C44H47BrN2O4. The molecule has 2 heterocycles. The van der Waals surface area contributed by atoms with Crippen LogP contribution < -0.4 is 21.9 Å². The van der Waals surface area contributed by atoms with Gasteiger partial charge in [0.15, 0.2) is 5.71 Å². The van der Waals surface area contributed by atoms with Crippen molar-refractivity contribution in [1.29, 1.82) is 0 Å². The Hall–Kier alpha value is -4.75. The van der Waals surface area contributed by atoms with E-state index in [4.69, 9.17) is 5.11 Å². The molecule has 0 unspecified atom stereocenters. The largest absolute Gasteiger partial charge is 1.00 e. The van der Waals surface area contributed by atoms with Crippen molar-refractivity contribution in [3.63, 3.8) is 0 Å². The van der Waals surface area contributed by atoms with Crippen molar-refractivity contribution in [2.24, 2.45) is 0 Å². The molecule has 2 aliphatic heterocycles. The van der Waals surface area contributed by atoms with Crippen LogP contribution >= 0.6 is 0 Å². The molecule has 6 nitrogen and oxygen atoms in total. The number of halogens is 1. The van der Waals surface area contributed by atoms with E-state index in [9.17, 15) is 14.7 Å². The van der Waals surface area contributed by atoms with Crippen LogP contribution in [0.3, 0.4) is 0 Å². The minimum atomic E-state index is -0.807. The lowest BCUT2D eigenvalue weighted by atomic mass is 9.79. The zero-order chi connectivity index (χ0) is 35.5. The smallest absolute Gasteiger partial charge is 0.305 e. The van der Waals surface area contributed by atoms with Gasteiger partial charge in [0.1, 0.15) is 6.54 Å². The zero-order valence-corrected chi connectivity index (χ0v) is 31.5. The van der Waals surface area contributed by atoms with Gasteiger partial charge >= 0.3 is 11.9 Å². The number of carbonyl (C=O) groups is 2. The monoisotopic (exact) mass is 746 g/mol. The van der Waals surface area contributed by atoms with Crippen LogP contribution in [-0.2, 0) is 20.4 Å². The molecule has 6 rings (SSSR count). The number of rotatable bonds is 13. The summed E-state index contributed by atoms with van der Waals surface area (Å²) in [6, 6.07) is 25.6. The fraction of sp³-hybridized carbons (Fsp3) is 0.295. The summed E-state index contributed by atoms with van der Waals surface area (Å²) in [5.74, 6) is -1.55. The molecule has 4 aromatic rings. The lowest BCUT2D eigenvalue weighted by Gasteiger charge is -2.26. The van der Waals surface area contributed by atoms with Gasteiger partial charge in [0.25, 0.3) is 0 Å². The normalized spacial score (nSPS) is 16.9. The Morgan fingerprint density at radius 1 is 0.686 bits per heavy atom. The second kappa shape index (κ2) is 15.6. The molecule has 4 aromatic carbocycles. The number of hydrogen-bond acceptors (Lipinski definition) is 3. The maximum atomic E-state index is 11.6. The first-order chi connectivity index (χ1) is 24.0. The van der Waals surface area contributed by atoms with Gasteiger partial charge in [0, 0.05) is 53.9 Å². The Labute approximate surface area is 311 Å². The third kappa shape index (κ3) is 7.50. The standard InChI is InChI=1S/C44H46N2O4.BrH/c1-43(2)37(45(29-16-8-11-23-39(47)48)35-26-24-31-17-12-14-19-33(31)41(35)43)21-9-6-5-7-10-22-38-44(3,4)42-34-20-15-13-18-32(34)25-27-36(42)46(38)30-28-40(49)50;/h5-7,9-10,12-15,17-22,24-27H,8,11,16,23,28-30H2,1-4H3,(H-,47,48,49,50);1H. The third-order valence-electron chi connectivity index (χ3n) is 10.3. The number of hydrogen-bond donors (Lipinski definition) is 2. The predicted octanol–water partition coefficient (Wildman–Crippen LogP) is 6.84. The molecule has 2 N–H and O–H groups in total. The molecule has 0 aromatic heterocycles. The van der Waals surface area contributed by atoms with Crippen LogP contribution in [0.5, 0.6) is 0 Å². The molecule has 0 radical (unpaired) electrons. The highest BCUT2D eigenvalue weighted by Gasteiger charge is 2.45. The van der Waals surface area contributed by atoms with Crippen molar-refractivity contribution < 1.29 is 41.4 Å². The molecule has 0 saturated heterocycles. The molecule has 264 valence electrons. The Balaban J connectivity index is 0.00000504. The first kappa shape index (κ1) is 37.5. The fourth-order valence-electron chi connectivity index (χ4n) is 7.97. The van der Waals surface area contributed by atoms with E-state index >= 15 is 0 Å². The Bertz CT molecular complexity index is 2120. The molecular weight excluding hydrogens is 700 g/mol. The Morgan fingerprint density at radius 3 is 1.98 bits per heavy atom. The highest BCUT2D eigenvalue weighted by atomic mass is 79.9. The van der Waals surface area contributed by atoms with Crippen LogP contribution in [0.1, 0.15) is 70.9 Å². The van der Waals surface area contributed by atoms with E-state index in [0.29, 0.717) is 13.0 Å². The SMILES string of the molecule is CC1(C)C(/C=C/C=C/C=C/C=C2/N(CCC(=O)O)c3ccc4ccccc4c3C2(C)C)=[N+](CCCCCC(=O)O)c2ccc3ccccc3c21.[Br-]. The van der Waals surface area contributed by atoms with E-state index in [1.165, 1.54) is 44.1 Å². The molecule has 0 spiro atoms. The minimum Gasteiger partial charge on any atom is -1.00 e. The summed E-state index contributed by atoms with van der Waals surface area (Å²) in [6.07, 6.45) is 17.3. The van der Waals surface area contributed by atoms with Crippen molar-refractivity contribution in [3.8, 4) is 0 Å². The first-order valence-corrected chi connectivity index (χ1v) is 17.6. The van der Waals surface area contributed by atoms with E-state index < -0.39 is 11.9 Å². The Kier molecular flexibility index (Phi) is 11.5. The summed E-state index contributed by atoms with van der Waals surface area (Å²) in [5, 5.41) is 23.5. The number of nitrogens with zero attached hydrogens (tertiary/aromatic N) is 2. The maximum absolute atomic E-state index is 11.6. The van der Waals surface area contributed by atoms with E-state index in [-0.39, 0.29) is 40.7 Å². The second-order valence-corrected chi connectivity index (χ2v) is 14.3.